The van der Waals surface area contributed by atoms with Crippen LogP contribution in [0.3, 0.4) is 0 Å². The lowest BCUT2D eigenvalue weighted by molar-refractivity contribution is 0.545. The molecule has 0 aliphatic carbocycles. The number of rotatable bonds is 4. The van der Waals surface area contributed by atoms with Gasteiger partial charge in [0.05, 0.1) is 18.6 Å². The fourth-order valence-corrected chi connectivity index (χ4v) is 2.15. The molecule has 0 fully saturated rings. The maximum absolute atomic E-state index is 5.00. The zero-order valence-corrected chi connectivity index (χ0v) is 9.67. The average Bonchev–Trinajstić information content (AvgIpc) is 2.84. The standard InChI is InChI=1S/C11H14N2OS/c1-8-7-15-11(13-8)9(2)12-5-10-3-4-14-6-10/h3-4,6-7,9,12H,5H2,1-2H3. The highest BCUT2D eigenvalue weighted by Gasteiger charge is 2.08. The van der Waals surface area contributed by atoms with Crippen molar-refractivity contribution >= 4 is 11.3 Å². The predicted molar refractivity (Wildman–Crippen MR) is 60.8 cm³/mol. The van der Waals surface area contributed by atoms with Crippen LogP contribution in [0.4, 0.5) is 0 Å². The minimum absolute atomic E-state index is 0.290. The molecular weight excluding hydrogens is 208 g/mol. The molecule has 1 unspecified atom stereocenters. The molecule has 0 spiro atoms. The van der Waals surface area contributed by atoms with Gasteiger partial charge in [-0.05, 0) is 19.9 Å². The number of aryl methyl sites for hydroxylation is 1. The van der Waals surface area contributed by atoms with Crippen LogP contribution in [0.25, 0.3) is 0 Å². The van der Waals surface area contributed by atoms with Gasteiger partial charge in [-0.1, -0.05) is 0 Å². The van der Waals surface area contributed by atoms with Gasteiger partial charge in [-0.15, -0.1) is 11.3 Å². The van der Waals surface area contributed by atoms with E-state index in [4.69, 9.17) is 4.42 Å². The van der Waals surface area contributed by atoms with Crippen LogP contribution in [0.15, 0.2) is 28.4 Å². The molecule has 0 aliphatic heterocycles. The van der Waals surface area contributed by atoms with E-state index in [0.29, 0.717) is 6.04 Å². The zero-order valence-electron chi connectivity index (χ0n) is 8.86. The van der Waals surface area contributed by atoms with Crippen molar-refractivity contribution in [3.63, 3.8) is 0 Å². The molecule has 0 radical (unpaired) electrons. The van der Waals surface area contributed by atoms with Crippen molar-refractivity contribution in [3.05, 3.63) is 40.2 Å². The van der Waals surface area contributed by atoms with Gasteiger partial charge in [-0.2, -0.15) is 0 Å². The molecular formula is C11H14N2OS. The van der Waals surface area contributed by atoms with Gasteiger partial charge in [0.25, 0.3) is 0 Å². The van der Waals surface area contributed by atoms with Gasteiger partial charge < -0.3 is 9.73 Å². The van der Waals surface area contributed by atoms with Gasteiger partial charge in [-0.3, -0.25) is 0 Å². The summed E-state index contributed by atoms with van der Waals surface area (Å²) in [5.74, 6) is 0. The number of furan rings is 1. The van der Waals surface area contributed by atoms with Crippen LogP contribution in [-0.2, 0) is 6.54 Å². The molecule has 0 saturated heterocycles. The third-order valence-corrected chi connectivity index (χ3v) is 3.34. The smallest absolute Gasteiger partial charge is 0.110 e. The molecule has 0 amide bonds. The molecule has 1 N–H and O–H groups in total. The third-order valence-electron chi connectivity index (χ3n) is 2.20. The lowest BCUT2D eigenvalue weighted by Gasteiger charge is -2.09. The van der Waals surface area contributed by atoms with Gasteiger partial charge in [0.2, 0.25) is 0 Å². The monoisotopic (exact) mass is 222 g/mol. The molecule has 0 bridgehead atoms. The van der Waals surface area contributed by atoms with E-state index in [9.17, 15) is 0 Å². The highest BCUT2D eigenvalue weighted by atomic mass is 32.1. The molecule has 0 aromatic carbocycles. The molecule has 80 valence electrons. The summed E-state index contributed by atoms with van der Waals surface area (Å²) in [6.45, 7) is 4.96. The van der Waals surface area contributed by atoms with Crippen LogP contribution < -0.4 is 5.32 Å². The summed E-state index contributed by atoms with van der Waals surface area (Å²) in [6, 6.07) is 2.26. The second-order valence-electron chi connectivity index (χ2n) is 3.56. The van der Waals surface area contributed by atoms with E-state index in [1.165, 1.54) is 0 Å². The van der Waals surface area contributed by atoms with Crippen LogP contribution in [0.5, 0.6) is 0 Å². The SMILES string of the molecule is Cc1csc(C(C)NCc2ccoc2)n1. The summed E-state index contributed by atoms with van der Waals surface area (Å²) in [4.78, 5) is 4.44. The molecule has 4 heteroatoms. The summed E-state index contributed by atoms with van der Waals surface area (Å²) in [6.07, 6.45) is 3.45. The molecule has 2 heterocycles. The van der Waals surface area contributed by atoms with Gasteiger partial charge in [0.15, 0.2) is 0 Å². The fraction of sp³-hybridized carbons (Fsp3) is 0.364. The van der Waals surface area contributed by atoms with Gasteiger partial charge in [-0.25, -0.2) is 4.98 Å². The molecule has 0 aliphatic rings. The Kier molecular flexibility index (Phi) is 3.18. The molecule has 15 heavy (non-hydrogen) atoms. The Labute approximate surface area is 93.2 Å². The minimum atomic E-state index is 0.290. The van der Waals surface area contributed by atoms with E-state index < -0.39 is 0 Å². The normalized spacial score (nSPS) is 12.9. The number of hydrogen-bond acceptors (Lipinski definition) is 4. The van der Waals surface area contributed by atoms with Crippen LogP contribution in [0.1, 0.15) is 29.2 Å². The van der Waals surface area contributed by atoms with Gasteiger partial charge in [0.1, 0.15) is 5.01 Å². The van der Waals surface area contributed by atoms with E-state index in [-0.39, 0.29) is 0 Å². The van der Waals surface area contributed by atoms with Crippen LogP contribution in [-0.4, -0.2) is 4.98 Å². The van der Waals surface area contributed by atoms with E-state index in [2.05, 4.69) is 22.6 Å². The first-order valence-electron chi connectivity index (χ1n) is 4.92. The topological polar surface area (TPSA) is 38.1 Å². The molecule has 2 aromatic heterocycles. The largest absolute Gasteiger partial charge is 0.472 e. The first kappa shape index (κ1) is 10.4. The second-order valence-corrected chi connectivity index (χ2v) is 4.45. The highest BCUT2D eigenvalue weighted by molar-refractivity contribution is 7.09. The summed E-state index contributed by atoms with van der Waals surface area (Å²) < 4.78 is 5.00. The lowest BCUT2D eigenvalue weighted by Crippen LogP contribution is -2.17. The first-order chi connectivity index (χ1) is 7.25. The minimum Gasteiger partial charge on any atom is -0.472 e. The Morgan fingerprint density at radius 2 is 2.47 bits per heavy atom. The van der Waals surface area contributed by atoms with E-state index >= 15 is 0 Å². The summed E-state index contributed by atoms with van der Waals surface area (Å²) in [5.41, 5.74) is 2.25. The van der Waals surface area contributed by atoms with Gasteiger partial charge >= 0.3 is 0 Å². The van der Waals surface area contributed by atoms with Gasteiger partial charge in [0, 0.05) is 23.2 Å². The molecule has 1 atom stereocenters. The second kappa shape index (κ2) is 4.59. The number of aromatic nitrogens is 1. The average molecular weight is 222 g/mol. The van der Waals surface area contributed by atoms with Crippen molar-refractivity contribution in [2.24, 2.45) is 0 Å². The summed E-state index contributed by atoms with van der Waals surface area (Å²) in [7, 11) is 0. The van der Waals surface area contributed by atoms with Crippen molar-refractivity contribution in [1.29, 1.82) is 0 Å². The van der Waals surface area contributed by atoms with Crippen LogP contribution >= 0.6 is 11.3 Å². The number of hydrogen-bond donors (Lipinski definition) is 1. The Balaban J connectivity index is 1.90. The molecule has 2 aromatic rings. The number of nitrogens with one attached hydrogen (secondary N) is 1. The summed E-state index contributed by atoms with van der Waals surface area (Å²) >= 11 is 1.70. The fourth-order valence-electron chi connectivity index (χ4n) is 1.32. The van der Waals surface area contributed by atoms with E-state index in [1.807, 2.05) is 13.0 Å². The zero-order chi connectivity index (χ0) is 10.7. The Hall–Kier alpha value is -1.13. The Bertz CT molecular complexity index is 408. The molecule has 3 nitrogen and oxygen atoms in total. The molecule has 0 saturated carbocycles. The first-order valence-corrected chi connectivity index (χ1v) is 5.80. The Morgan fingerprint density at radius 3 is 3.07 bits per heavy atom. The number of nitrogens with zero attached hydrogens (tertiary/aromatic N) is 1. The Morgan fingerprint density at radius 1 is 1.60 bits per heavy atom. The third kappa shape index (κ3) is 2.67. The number of thiazole rings is 1. The lowest BCUT2D eigenvalue weighted by atomic mass is 10.3. The van der Waals surface area contributed by atoms with Crippen LogP contribution in [0.2, 0.25) is 0 Å². The maximum Gasteiger partial charge on any atom is 0.110 e. The predicted octanol–water partition coefficient (Wildman–Crippen LogP) is 2.90. The summed E-state index contributed by atoms with van der Waals surface area (Å²) in [5, 5.41) is 6.61. The van der Waals surface area contributed by atoms with Crippen molar-refractivity contribution < 1.29 is 4.42 Å². The molecule has 2 rings (SSSR count). The van der Waals surface area contributed by atoms with Crippen LogP contribution in [0, 0.1) is 6.92 Å². The maximum atomic E-state index is 5.00. The van der Waals surface area contributed by atoms with Crippen molar-refractivity contribution in [2.45, 2.75) is 26.4 Å². The highest BCUT2D eigenvalue weighted by Crippen LogP contribution is 2.17. The van der Waals surface area contributed by atoms with Crippen molar-refractivity contribution in [3.8, 4) is 0 Å². The quantitative estimate of drug-likeness (QED) is 0.864. The van der Waals surface area contributed by atoms with Crippen molar-refractivity contribution in [1.82, 2.24) is 10.3 Å². The van der Waals surface area contributed by atoms with Crippen molar-refractivity contribution in [2.75, 3.05) is 0 Å². The van der Waals surface area contributed by atoms with E-state index in [0.717, 1.165) is 22.8 Å². The van der Waals surface area contributed by atoms with E-state index in [1.54, 1.807) is 23.9 Å².